The van der Waals surface area contributed by atoms with Gasteiger partial charge in [-0.2, -0.15) is 5.10 Å². The Labute approximate surface area is 162 Å². The van der Waals surface area contributed by atoms with Crippen LogP contribution in [0.15, 0.2) is 84.9 Å². The van der Waals surface area contributed by atoms with Gasteiger partial charge in [0, 0.05) is 11.3 Å². The van der Waals surface area contributed by atoms with Crippen molar-refractivity contribution in [1.82, 2.24) is 9.78 Å². The van der Waals surface area contributed by atoms with E-state index in [2.05, 4.69) is 10.4 Å². The SMILES string of the molecule is Cc1ccc(NC(=O)c2cc(-c3ccccc3F)nn2-c2ccccc2)cc1. The van der Waals surface area contributed by atoms with Crippen LogP contribution in [-0.2, 0) is 0 Å². The molecule has 0 aliphatic rings. The molecule has 0 unspecified atom stereocenters. The lowest BCUT2D eigenvalue weighted by atomic mass is 10.1. The van der Waals surface area contributed by atoms with E-state index in [-0.39, 0.29) is 11.7 Å². The number of halogens is 1. The highest BCUT2D eigenvalue weighted by Crippen LogP contribution is 2.25. The molecule has 4 nitrogen and oxygen atoms in total. The van der Waals surface area contributed by atoms with Crippen LogP contribution in [-0.4, -0.2) is 15.7 Å². The molecule has 4 aromatic rings. The summed E-state index contributed by atoms with van der Waals surface area (Å²) in [4.78, 5) is 13.0. The third-order valence-electron chi connectivity index (χ3n) is 4.40. The molecule has 28 heavy (non-hydrogen) atoms. The van der Waals surface area contributed by atoms with Crippen LogP contribution in [0.3, 0.4) is 0 Å². The molecule has 138 valence electrons. The van der Waals surface area contributed by atoms with Gasteiger partial charge in [-0.1, -0.05) is 48.0 Å². The zero-order valence-corrected chi connectivity index (χ0v) is 15.3. The zero-order chi connectivity index (χ0) is 19.5. The van der Waals surface area contributed by atoms with Crippen molar-refractivity contribution in [3.63, 3.8) is 0 Å². The molecule has 3 aromatic carbocycles. The molecule has 1 aromatic heterocycles. The number of para-hydroxylation sites is 1. The number of amides is 1. The van der Waals surface area contributed by atoms with Crippen LogP contribution in [0.2, 0.25) is 0 Å². The molecule has 0 bridgehead atoms. The van der Waals surface area contributed by atoms with Crippen LogP contribution in [0, 0.1) is 12.7 Å². The van der Waals surface area contributed by atoms with E-state index in [4.69, 9.17) is 0 Å². The largest absolute Gasteiger partial charge is 0.321 e. The number of anilines is 1. The Kier molecular flexibility index (Phi) is 4.72. The Bertz CT molecular complexity index is 1120. The normalized spacial score (nSPS) is 10.6. The van der Waals surface area contributed by atoms with E-state index in [1.807, 2.05) is 61.5 Å². The van der Waals surface area contributed by atoms with Crippen LogP contribution >= 0.6 is 0 Å². The van der Waals surface area contributed by atoms with Gasteiger partial charge in [-0.25, -0.2) is 9.07 Å². The lowest BCUT2D eigenvalue weighted by Gasteiger charge is -2.08. The van der Waals surface area contributed by atoms with Crippen molar-refractivity contribution < 1.29 is 9.18 Å². The van der Waals surface area contributed by atoms with E-state index >= 15 is 0 Å². The second-order valence-corrected chi connectivity index (χ2v) is 6.46. The van der Waals surface area contributed by atoms with E-state index < -0.39 is 0 Å². The van der Waals surface area contributed by atoms with Crippen LogP contribution in [0.5, 0.6) is 0 Å². The molecule has 0 saturated carbocycles. The number of rotatable bonds is 4. The molecule has 0 aliphatic heterocycles. The number of aromatic nitrogens is 2. The zero-order valence-electron chi connectivity index (χ0n) is 15.3. The van der Waals surface area contributed by atoms with E-state index in [0.29, 0.717) is 22.6 Å². The second-order valence-electron chi connectivity index (χ2n) is 6.46. The van der Waals surface area contributed by atoms with Crippen LogP contribution < -0.4 is 5.32 Å². The molecule has 5 heteroatoms. The average Bonchev–Trinajstić information content (AvgIpc) is 3.16. The Balaban J connectivity index is 1.77. The van der Waals surface area contributed by atoms with Crippen molar-refractivity contribution in [1.29, 1.82) is 0 Å². The second kappa shape index (κ2) is 7.48. The van der Waals surface area contributed by atoms with Crippen molar-refractivity contribution >= 4 is 11.6 Å². The number of aryl methyl sites for hydroxylation is 1. The fourth-order valence-corrected chi connectivity index (χ4v) is 2.94. The summed E-state index contributed by atoms with van der Waals surface area (Å²) in [5.74, 6) is -0.700. The summed E-state index contributed by atoms with van der Waals surface area (Å²) in [7, 11) is 0. The fourth-order valence-electron chi connectivity index (χ4n) is 2.94. The van der Waals surface area contributed by atoms with Crippen LogP contribution in [0.1, 0.15) is 16.1 Å². The summed E-state index contributed by atoms with van der Waals surface area (Å²) in [6, 6.07) is 24.8. The first-order valence-electron chi connectivity index (χ1n) is 8.90. The highest BCUT2D eigenvalue weighted by molar-refractivity contribution is 6.04. The van der Waals surface area contributed by atoms with Crippen molar-refractivity contribution in [2.24, 2.45) is 0 Å². The molecule has 0 atom stereocenters. The maximum atomic E-state index is 14.3. The standard InChI is InChI=1S/C23H18FN3O/c1-16-11-13-17(14-12-16)25-23(28)22-15-21(19-9-5-6-10-20(19)24)26-27(22)18-7-3-2-4-8-18/h2-15H,1H3,(H,25,28). The maximum absolute atomic E-state index is 14.3. The van der Waals surface area contributed by atoms with Gasteiger partial charge in [0.1, 0.15) is 11.5 Å². The highest BCUT2D eigenvalue weighted by atomic mass is 19.1. The lowest BCUT2D eigenvalue weighted by Crippen LogP contribution is -2.16. The molecule has 0 spiro atoms. The van der Waals surface area contributed by atoms with Gasteiger partial charge in [0.2, 0.25) is 0 Å². The van der Waals surface area contributed by atoms with Crippen molar-refractivity contribution in [2.75, 3.05) is 5.32 Å². The van der Waals surface area contributed by atoms with Crippen LogP contribution in [0.4, 0.5) is 10.1 Å². The maximum Gasteiger partial charge on any atom is 0.274 e. The van der Waals surface area contributed by atoms with Gasteiger partial charge in [0.25, 0.3) is 5.91 Å². The summed E-state index contributed by atoms with van der Waals surface area (Å²) in [5.41, 5.74) is 3.58. The summed E-state index contributed by atoms with van der Waals surface area (Å²) < 4.78 is 15.8. The highest BCUT2D eigenvalue weighted by Gasteiger charge is 2.19. The van der Waals surface area contributed by atoms with E-state index in [0.717, 1.165) is 11.3 Å². The van der Waals surface area contributed by atoms with Gasteiger partial charge < -0.3 is 5.32 Å². The Morgan fingerprint density at radius 2 is 1.61 bits per heavy atom. The first-order valence-corrected chi connectivity index (χ1v) is 8.90. The third-order valence-corrected chi connectivity index (χ3v) is 4.40. The quantitative estimate of drug-likeness (QED) is 0.533. The predicted octanol–water partition coefficient (Wildman–Crippen LogP) is 5.24. The number of nitrogens with zero attached hydrogens (tertiary/aromatic N) is 2. The number of carbonyl (C=O) groups excluding carboxylic acids is 1. The molecule has 0 fully saturated rings. The van der Waals surface area contributed by atoms with Crippen molar-refractivity contribution in [3.05, 3.63) is 102 Å². The smallest absolute Gasteiger partial charge is 0.274 e. The predicted molar refractivity (Wildman–Crippen MR) is 108 cm³/mol. The minimum Gasteiger partial charge on any atom is -0.321 e. The molecule has 0 saturated heterocycles. The number of nitrogens with one attached hydrogen (secondary N) is 1. The Morgan fingerprint density at radius 3 is 2.32 bits per heavy atom. The number of hydrogen-bond donors (Lipinski definition) is 1. The molecule has 4 rings (SSSR count). The van der Waals surface area contributed by atoms with E-state index in [9.17, 15) is 9.18 Å². The van der Waals surface area contributed by atoms with Gasteiger partial charge >= 0.3 is 0 Å². The van der Waals surface area contributed by atoms with Gasteiger partial charge in [0.15, 0.2) is 0 Å². The number of carbonyl (C=O) groups is 1. The van der Waals surface area contributed by atoms with E-state index in [1.54, 1.807) is 24.3 Å². The third kappa shape index (κ3) is 3.55. The summed E-state index contributed by atoms with van der Waals surface area (Å²) in [6.07, 6.45) is 0. The minimum absolute atomic E-state index is 0.317. The fraction of sp³-hybridized carbons (Fsp3) is 0.0435. The Hall–Kier alpha value is -3.73. The van der Waals surface area contributed by atoms with Gasteiger partial charge in [0.05, 0.1) is 11.4 Å². The average molecular weight is 371 g/mol. The molecular weight excluding hydrogens is 353 g/mol. The van der Waals surface area contributed by atoms with Gasteiger partial charge in [-0.15, -0.1) is 0 Å². The first kappa shape index (κ1) is 17.7. The van der Waals surface area contributed by atoms with Crippen molar-refractivity contribution in [2.45, 2.75) is 6.92 Å². The van der Waals surface area contributed by atoms with Gasteiger partial charge in [-0.05, 0) is 49.4 Å². The molecular formula is C23H18FN3O. The summed E-state index contributed by atoms with van der Waals surface area (Å²) in [5, 5.41) is 7.39. The number of hydrogen-bond acceptors (Lipinski definition) is 2. The molecule has 1 heterocycles. The molecule has 0 radical (unpaired) electrons. The van der Waals surface area contributed by atoms with Crippen molar-refractivity contribution in [3.8, 4) is 16.9 Å². The molecule has 1 amide bonds. The topological polar surface area (TPSA) is 46.9 Å². The number of benzene rings is 3. The lowest BCUT2D eigenvalue weighted by molar-refractivity contribution is 0.101. The summed E-state index contributed by atoms with van der Waals surface area (Å²) >= 11 is 0. The van der Waals surface area contributed by atoms with Gasteiger partial charge in [-0.3, -0.25) is 4.79 Å². The van der Waals surface area contributed by atoms with Crippen LogP contribution in [0.25, 0.3) is 16.9 Å². The summed E-state index contributed by atoms with van der Waals surface area (Å²) in [6.45, 7) is 1.98. The first-order chi connectivity index (χ1) is 13.6. The monoisotopic (exact) mass is 371 g/mol. The molecule has 0 aliphatic carbocycles. The van der Waals surface area contributed by atoms with E-state index in [1.165, 1.54) is 10.7 Å². The minimum atomic E-state index is -0.384. The molecule has 1 N–H and O–H groups in total. The Morgan fingerprint density at radius 1 is 0.929 bits per heavy atom.